The molecule has 0 saturated carbocycles. The second-order valence-corrected chi connectivity index (χ2v) is 8.96. The molecule has 27 heavy (non-hydrogen) atoms. The highest BCUT2D eigenvalue weighted by atomic mass is 79.9. The van der Waals surface area contributed by atoms with Gasteiger partial charge in [0.1, 0.15) is 11.6 Å². The SMILES string of the molecule is CCCCOc1ccc(S(=O)(=O)CNc2c(C)cc(Br)cc2C(=O)O)cc1. The summed E-state index contributed by atoms with van der Waals surface area (Å²) in [6, 6.07) is 9.39. The molecule has 2 N–H and O–H groups in total. The average Bonchev–Trinajstić information content (AvgIpc) is 2.61. The first-order chi connectivity index (χ1) is 12.7. The number of aromatic carboxylic acids is 1. The fraction of sp³-hybridized carbons (Fsp3) is 0.316. The second kappa shape index (κ2) is 9.23. The molecule has 0 fully saturated rings. The first-order valence-corrected chi connectivity index (χ1v) is 10.9. The molecule has 146 valence electrons. The zero-order valence-corrected chi connectivity index (χ0v) is 17.6. The van der Waals surface area contributed by atoms with Gasteiger partial charge in [0.15, 0.2) is 9.84 Å². The minimum atomic E-state index is -3.64. The summed E-state index contributed by atoms with van der Waals surface area (Å²) in [5.41, 5.74) is 0.933. The van der Waals surface area contributed by atoms with Crippen LogP contribution in [0, 0.1) is 6.92 Å². The number of anilines is 1. The fourth-order valence-electron chi connectivity index (χ4n) is 2.47. The van der Waals surface area contributed by atoms with Gasteiger partial charge in [0, 0.05) is 4.47 Å². The zero-order chi connectivity index (χ0) is 20.0. The Bertz CT molecular complexity index is 910. The number of hydrogen-bond donors (Lipinski definition) is 2. The van der Waals surface area contributed by atoms with Crippen molar-refractivity contribution in [2.75, 3.05) is 17.8 Å². The van der Waals surface area contributed by atoms with E-state index in [4.69, 9.17) is 4.74 Å². The highest BCUT2D eigenvalue weighted by Gasteiger charge is 2.18. The molecule has 0 radical (unpaired) electrons. The van der Waals surface area contributed by atoms with E-state index in [2.05, 4.69) is 28.2 Å². The molecular weight excluding hydrogens is 434 g/mol. The summed E-state index contributed by atoms with van der Waals surface area (Å²) < 4.78 is 31.3. The Kier molecular flexibility index (Phi) is 7.26. The summed E-state index contributed by atoms with van der Waals surface area (Å²) in [6.45, 7) is 4.37. The Hall–Kier alpha value is -2.06. The van der Waals surface area contributed by atoms with E-state index < -0.39 is 21.7 Å². The van der Waals surface area contributed by atoms with Crippen LogP contribution in [0.5, 0.6) is 5.75 Å². The van der Waals surface area contributed by atoms with Crippen molar-refractivity contribution in [1.82, 2.24) is 0 Å². The van der Waals surface area contributed by atoms with E-state index in [0.29, 0.717) is 22.4 Å². The number of carbonyl (C=O) groups is 1. The van der Waals surface area contributed by atoms with E-state index in [1.165, 1.54) is 18.2 Å². The van der Waals surface area contributed by atoms with Gasteiger partial charge in [-0.3, -0.25) is 0 Å². The van der Waals surface area contributed by atoms with Gasteiger partial charge in [0.2, 0.25) is 0 Å². The smallest absolute Gasteiger partial charge is 0.337 e. The summed E-state index contributed by atoms with van der Waals surface area (Å²) in [6.07, 6.45) is 1.95. The van der Waals surface area contributed by atoms with Crippen LogP contribution < -0.4 is 10.1 Å². The number of unbranched alkanes of at least 4 members (excludes halogenated alkanes) is 1. The van der Waals surface area contributed by atoms with Crippen LogP contribution >= 0.6 is 15.9 Å². The molecule has 0 aromatic heterocycles. The van der Waals surface area contributed by atoms with Crippen molar-refractivity contribution < 1.29 is 23.1 Å². The van der Waals surface area contributed by atoms with E-state index >= 15 is 0 Å². The Labute approximate surface area is 167 Å². The number of aryl methyl sites for hydroxylation is 1. The monoisotopic (exact) mass is 455 g/mol. The van der Waals surface area contributed by atoms with Crippen LogP contribution in [0.2, 0.25) is 0 Å². The number of hydrogen-bond acceptors (Lipinski definition) is 5. The van der Waals surface area contributed by atoms with Gasteiger partial charge in [-0.15, -0.1) is 0 Å². The van der Waals surface area contributed by atoms with Gasteiger partial charge in [-0.05, 0) is 55.3 Å². The lowest BCUT2D eigenvalue weighted by Crippen LogP contribution is -2.17. The van der Waals surface area contributed by atoms with Crippen LogP contribution in [0.3, 0.4) is 0 Å². The topological polar surface area (TPSA) is 92.7 Å². The van der Waals surface area contributed by atoms with Crippen LogP contribution in [0.4, 0.5) is 5.69 Å². The van der Waals surface area contributed by atoms with Crippen molar-refractivity contribution in [2.24, 2.45) is 0 Å². The van der Waals surface area contributed by atoms with E-state index in [0.717, 1.165) is 12.8 Å². The molecular formula is C19H22BrNO5S. The molecule has 0 heterocycles. The Morgan fingerprint density at radius 1 is 1.22 bits per heavy atom. The van der Waals surface area contributed by atoms with Crippen molar-refractivity contribution in [1.29, 1.82) is 0 Å². The van der Waals surface area contributed by atoms with Gasteiger partial charge in [-0.2, -0.15) is 0 Å². The largest absolute Gasteiger partial charge is 0.494 e. The Morgan fingerprint density at radius 3 is 2.48 bits per heavy atom. The van der Waals surface area contributed by atoms with Crippen molar-refractivity contribution in [3.05, 3.63) is 52.0 Å². The number of carboxylic acid groups (broad SMARTS) is 1. The predicted molar refractivity (Wildman–Crippen MR) is 108 cm³/mol. The van der Waals surface area contributed by atoms with Gasteiger partial charge in [-0.25, -0.2) is 13.2 Å². The lowest BCUT2D eigenvalue weighted by Gasteiger charge is -2.14. The van der Waals surface area contributed by atoms with Crippen LogP contribution in [0.1, 0.15) is 35.7 Å². The Balaban J connectivity index is 2.15. The van der Waals surface area contributed by atoms with Gasteiger partial charge in [0.25, 0.3) is 0 Å². The normalized spacial score (nSPS) is 11.2. The molecule has 0 amide bonds. The van der Waals surface area contributed by atoms with E-state index in [-0.39, 0.29) is 16.1 Å². The summed E-state index contributed by atoms with van der Waals surface area (Å²) in [4.78, 5) is 11.6. The predicted octanol–water partition coefficient (Wildman–Crippen LogP) is 4.48. The second-order valence-electron chi connectivity index (χ2n) is 6.06. The number of nitrogens with one attached hydrogen (secondary N) is 1. The first-order valence-electron chi connectivity index (χ1n) is 8.47. The number of carboxylic acids is 1. The first kappa shape index (κ1) is 21.2. The highest BCUT2D eigenvalue weighted by molar-refractivity contribution is 9.10. The highest BCUT2D eigenvalue weighted by Crippen LogP contribution is 2.27. The van der Waals surface area contributed by atoms with Gasteiger partial charge in [0.05, 0.1) is 22.8 Å². The van der Waals surface area contributed by atoms with E-state index in [9.17, 15) is 18.3 Å². The number of rotatable bonds is 9. The third kappa shape index (κ3) is 5.71. The minimum absolute atomic E-state index is 0.0109. The number of ether oxygens (including phenoxy) is 1. The molecule has 0 unspecified atom stereocenters. The number of benzene rings is 2. The quantitative estimate of drug-likeness (QED) is 0.541. The lowest BCUT2D eigenvalue weighted by molar-refractivity contribution is 0.0697. The third-order valence-corrected chi connectivity index (χ3v) is 5.89. The summed E-state index contributed by atoms with van der Waals surface area (Å²) in [5, 5.41) is 12.1. The van der Waals surface area contributed by atoms with Gasteiger partial charge in [-0.1, -0.05) is 29.3 Å². The van der Waals surface area contributed by atoms with Gasteiger partial charge >= 0.3 is 5.97 Å². The van der Waals surface area contributed by atoms with Crippen molar-refractivity contribution in [2.45, 2.75) is 31.6 Å². The molecule has 0 aliphatic heterocycles. The van der Waals surface area contributed by atoms with E-state index in [1.54, 1.807) is 25.1 Å². The zero-order valence-electron chi connectivity index (χ0n) is 15.2. The van der Waals surface area contributed by atoms with E-state index in [1.807, 2.05) is 0 Å². The molecule has 0 bridgehead atoms. The molecule has 0 spiro atoms. The molecule has 2 aromatic carbocycles. The third-order valence-electron chi connectivity index (χ3n) is 3.92. The minimum Gasteiger partial charge on any atom is -0.494 e. The van der Waals surface area contributed by atoms with Crippen LogP contribution in [-0.4, -0.2) is 32.0 Å². The van der Waals surface area contributed by atoms with Crippen molar-refractivity contribution in [3.8, 4) is 5.75 Å². The van der Waals surface area contributed by atoms with Crippen LogP contribution in [0.25, 0.3) is 0 Å². The summed E-state index contributed by atoms with van der Waals surface area (Å²) in [7, 11) is -3.64. The molecule has 2 aromatic rings. The molecule has 0 aliphatic rings. The maximum Gasteiger partial charge on any atom is 0.337 e. The standard InChI is InChI=1S/C19H22BrNO5S/c1-3-4-9-26-15-5-7-16(8-6-15)27(24,25)12-21-18-13(2)10-14(20)11-17(18)19(22)23/h5-8,10-11,21H,3-4,9,12H2,1-2H3,(H,22,23). The maximum atomic E-state index is 12.6. The van der Waals surface area contributed by atoms with Crippen LogP contribution in [0.15, 0.2) is 45.8 Å². The fourth-order valence-corrected chi connectivity index (χ4v) is 4.10. The number of sulfone groups is 1. The summed E-state index contributed by atoms with van der Waals surface area (Å²) >= 11 is 3.25. The van der Waals surface area contributed by atoms with Gasteiger partial charge < -0.3 is 15.2 Å². The molecule has 2 rings (SSSR count). The lowest BCUT2D eigenvalue weighted by atomic mass is 10.1. The molecule has 0 atom stereocenters. The molecule has 8 heteroatoms. The molecule has 0 aliphatic carbocycles. The molecule has 0 saturated heterocycles. The average molecular weight is 456 g/mol. The Morgan fingerprint density at radius 2 is 1.89 bits per heavy atom. The molecule has 6 nitrogen and oxygen atoms in total. The van der Waals surface area contributed by atoms with Crippen molar-refractivity contribution >= 4 is 37.4 Å². The van der Waals surface area contributed by atoms with Crippen LogP contribution in [-0.2, 0) is 9.84 Å². The maximum absolute atomic E-state index is 12.6. The van der Waals surface area contributed by atoms with Crippen molar-refractivity contribution in [3.63, 3.8) is 0 Å². The summed E-state index contributed by atoms with van der Waals surface area (Å²) in [5.74, 6) is -0.925. The number of halogens is 1.